The molecule has 0 heterocycles. The lowest BCUT2D eigenvalue weighted by Crippen LogP contribution is -2.62. The van der Waals surface area contributed by atoms with Gasteiger partial charge in [0.05, 0.1) is 0 Å². The zero-order chi connectivity index (χ0) is 13.9. The molecule has 0 aliphatic carbocycles. The predicted octanol–water partition coefficient (Wildman–Crippen LogP) is 5.32. The Morgan fingerprint density at radius 1 is 0.941 bits per heavy atom. The second kappa shape index (κ2) is 6.37. The molecule has 104 valence electrons. The average Bonchev–Trinajstić information content (AvgIpc) is 2.28. The summed E-state index contributed by atoms with van der Waals surface area (Å²) in [5.74, 6) is 0.786. The van der Waals surface area contributed by atoms with E-state index in [0.29, 0.717) is 16.1 Å². The van der Waals surface area contributed by atoms with Crippen LogP contribution in [0.3, 0.4) is 0 Å². The highest BCUT2D eigenvalue weighted by atomic mass is 28.3. The molecule has 0 bridgehead atoms. The third-order valence-electron chi connectivity index (χ3n) is 5.52. The van der Waals surface area contributed by atoms with E-state index in [-0.39, 0.29) is 0 Å². The first kappa shape index (κ1) is 17.2. The van der Waals surface area contributed by atoms with Gasteiger partial charge in [-0.15, -0.1) is 0 Å². The van der Waals surface area contributed by atoms with Gasteiger partial charge in [-0.25, -0.2) is 0 Å². The molecule has 0 saturated carbocycles. The van der Waals surface area contributed by atoms with E-state index >= 15 is 0 Å². The summed E-state index contributed by atoms with van der Waals surface area (Å²) in [6.45, 7) is 18.9. The van der Waals surface area contributed by atoms with Crippen molar-refractivity contribution in [3.05, 3.63) is 0 Å². The second-order valence-electron chi connectivity index (χ2n) is 6.53. The van der Waals surface area contributed by atoms with Crippen LogP contribution in [0.15, 0.2) is 0 Å². The van der Waals surface area contributed by atoms with E-state index in [9.17, 15) is 0 Å². The molecule has 0 fully saturated rings. The Labute approximate surface area is 111 Å². The van der Waals surface area contributed by atoms with Crippen LogP contribution >= 0.6 is 0 Å². The zero-order valence-corrected chi connectivity index (χ0v) is 14.4. The van der Waals surface area contributed by atoms with Gasteiger partial charge in [-0.05, 0) is 22.0 Å². The summed E-state index contributed by atoms with van der Waals surface area (Å²) in [7, 11) is -1.76. The molecule has 0 rings (SSSR count). The first-order chi connectivity index (χ1) is 7.72. The highest BCUT2D eigenvalue weighted by Crippen LogP contribution is 2.56. The fourth-order valence-corrected chi connectivity index (χ4v) is 9.82. The van der Waals surface area contributed by atoms with Gasteiger partial charge >= 0.3 is 0 Å². The number of nitrogens with two attached hydrogens (primary N) is 1. The lowest BCUT2D eigenvalue weighted by Gasteiger charge is -2.53. The smallest absolute Gasteiger partial charge is 0.134 e. The number of rotatable bonds is 7. The summed E-state index contributed by atoms with van der Waals surface area (Å²) < 4.78 is 0. The molecule has 17 heavy (non-hydrogen) atoms. The van der Waals surface area contributed by atoms with E-state index in [2.05, 4.69) is 55.4 Å². The van der Waals surface area contributed by atoms with E-state index in [1.54, 1.807) is 0 Å². The van der Waals surface area contributed by atoms with E-state index in [1.807, 2.05) is 0 Å². The van der Waals surface area contributed by atoms with E-state index in [1.165, 1.54) is 19.3 Å². The summed E-state index contributed by atoms with van der Waals surface area (Å²) in [5, 5.41) is 7.44. The van der Waals surface area contributed by atoms with E-state index in [4.69, 9.17) is 5.40 Å². The van der Waals surface area contributed by atoms with Crippen molar-refractivity contribution in [2.45, 2.75) is 90.8 Å². The molecule has 1 atom stereocenters. The van der Waals surface area contributed by atoms with Crippen LogP contribution < -0.4 is 5.40 Å². The van der Waals surface area contributed by atoms with Gasteiger partial charge < -0.3 is 5.40 Å². The highest BCUT2D eigenvalue weighted by Gasteiger charge is 2.53. The van der Waals surface area contributed by atoms with Gasteiger partial charge in [0, 0.05) is 0 Å². The molecule has 1 nitrogen and oxygen atoms in total. The maximum Gasteiger partial charge on any atom is 0.134 e. The van der Waals surface area contributed by atoms with E-state index in [0.717, 1.165) is 5.92 Å². The molecule has 0 aromatic carbocycles. The topological polar surface area (TPSA) is 26.0 Å². The third kappa shape index (κ3) is 2.78. The molecule has 2 N–H and O–H groups in total. The van der Waals surface area contributed by atoms with E-state index < -0.39 is 8.24 Å². The lowest BCUT2D eigenvalue weighted by atomic mass is 9.86. The number of hydrogen-bond donors (Lipinski definition) is 1. The Bertz CT molecular complexity index is 213. The van der Waals surface area contributed by atoms with Crippen molar-refractivity contribution in [1.29, 1.82) is 0 Å². The van der Waals surface area contributed by atoms with Crippen LogP contribution in [-0.4, -0.2) is 8.24 Å². The molecule has 0 saturated heterocycles. The maximum atomic E-state index is 7.06. The molecule has 0 aliphatic heterocycles. The van der Waals surface area contributed by atoms with Crippen molar-refractivity contribution < 1.29 is 0 Å². The highest BCUT2D eigenvalue weighted by molar-refractivity contribution is 6.82. The minimum atomic E-state index is -1.76. The molecule has 0 radical (unpaired) electrons. The lowest BCUT2D eigenvalue weighted by molar-refractivity contribution is 0.322. The third-order valence-corrected chi connectivity index (χ3v) is 12.1. The van der Waals surface area contributed by atoms with Crippen LogP contribution in [0, 0.1) is 5.92 Å². The fraction of sp³-hybridized carbons (Fsp3) is 1.00. The van der Waals surface area contributed by atoms with Gasteiger partial charge in [-0.1, -0.05) is 74.7 Å². The van der Waals surface area contributed by atoms with Gasteiger partial charge in [0.15, 0.2) is 0 Å². The zero-order valence-electron chi connectivity index (χ0n) is 13.4. The van der Waals surface area contributed by atoms with Crippen LogP contribution in [0.5, 0.6) is 0 Å². The van der Waals surface area contributed by atoms with Crippen molar-refractivity contribution in [1.82, 2.24) is 0 Å². The second-order valence-corrected chi connectivity index (χ2v) is 11.8. The van der Waals surface area contributed by atoms with Gasteiger partial charge in [0.25, 0.3) is 0 Å². The van der Waals surface area contributed by atoms with Gasteiger partial charge in [0.2, 0.25) is 0 Å². The predicted molar refractivity (Wildman–Crippen MR) is 82.9 cm³/mol. The summed E-state index contributed by atoms with van der Waals surface area (Å²) in [6.07, 6.45) is 3.77. The molecule has 2 heteroatoms. The Morgan fingerprint density at radius 2 is 1.29 bits per heavy atom. The Hall–Kier alpha value is 0.177. The minimum absolute atomic E-state index is 0.374. The molecule has 0 aromatic heterocycles. The van der Waals surface area contributed by atoms with Gasteiger partial charge in [0.1, 0.15) is 8.24 Å². The van der Waals surface area contributed by atoms with Crippen molar-refractivity contribution in [3.63, 3.8) is 0 Å². The van der Waals surface area contributed by atoms with Crippen molar-refractivity contribution in [2.75, 3.05) is 0 Å². The van der Waals surface area contributed by atoms with Crippen LogP contribution in [0.1, 0.15) is 74.7 Å². The normalized spacial score (nSPS) is 16.9. The van der Waals surface area contributed by atoms with Crippen molar-refractivity contribution >= 4 is 8.24 Å². The largest absolute Gasteiger partial charge is 0.350 e. The standard InChI is InChI=1S/C15H35NSi/c1-9-14(10-2)15(8,11-3)17(16,12(4)5)13(6)7/h12-14H,9-11,16H2,1-8H3. The summed E-state index contributed by atoms with van der Waals surface area (Å²) >= 11 is 0. The molecular formula is C15H35NSi. The molecular weight excluding hydrogens is 222 g/mol. The molecule has 0 aliphatic rings. The first-order valence-corrected chi connectivity index (χ1v) is 9.74. The summed E-state index contributed by atoms with van der Waals surface area (Å²) in [5.41, 5.74) is 1.32. The first-order valence-electron chi connectivity index (χ1n) is 7.51. The fourth-order valence-electron chi connectivity index (χ4n) is 4.12. The van der Waals surface area contributed by atoms with Crippen LogP contribution in [-0.2, 0) is 0 Å². The van der Waals surface area contributed by atoms with Crippen LogP contribution in [0.4, 0.5) is 0 Å². The van der Waals surface area contributed by atoms with Crippen LogP contribution in [0.25, 0.3) is 0 Å². The maximum absolute atomic E-state index is 7.06. The number of hydrogen-bond acceptors (Lipinski definition) is 1. The minimum Gasteiger partial charge on any atom is -0.350 e. The SMILES string of the molecule is CCC(CC)C(C)(CC)[Si](N)(C(C)C)C(C)C. The van der Waals surface area contributed by atoms with Gasteiger partial charge in [-0.3, -0.25) is 0 Å². The average molecular weight is 258 g/mol. The Morgan fingerprint density at radius 3 is 1.47 bits per heavy atom. The monoisotopic (exact) mass is 257 g/mol. The molecule has 0 aromatic rings. The molecule has 1 unspecified atom stereocenters. The van der Waals surface area contributed by atoms with Crippen molar-refractivity contribution in [2.24, 2.45) is 11.3 Å². The summed E-state index contributed by atoms with van der Waals surface area (Å²) in [6, 6.07) is 0. The quantitative estimate of drug-likeness (QED) is 0.614. The molecule has 0 spiro atoms. The van der Waals surface area contributed by atoms with Gasteiger partial charge in [-0.2, -0.15) is 0 Å². The Balaban J connectivity index is 5.57. The van der Waals surface area contributed by atoms with Crippen molar-refractivity contribution in [3.8, 4) is 0 Å². The summed E-state index contributed by atoms with van der Waals surface area (Å²) in [4.78, 5) is 0. The molecule has 0 amide bonds. The van der Waals surface area contributed by atoms with Crippen LogP contribution in [0.2, 0.25) is 16.1 Å². The Kier molecular flexibility index (Phi) is 6.44.